The monoisotopic (exact) mass is 413 g/mol. The van der Waals surface area contributed by atoms with Gasteiger partial charge in [0.15, 0.2) is 12.4 Å². The van der Waals surface area contributed by atoms with E-state index in [-0.39, 0.29) is 24.3 Å². The molecule has 1 heterocycles. The summed E-state index contributed by atoms with van der Waals surface area (Å²) in [5.74, 6) is -1.70. The fourth-order valence-corrected chi connectivity index (χ4v) is 3.39. The largest absolute Gasteiger partial charge is 0.456 e. The minimum atomic E-state index is -4.53. The van der Waals surface area contributed by atoms with Crippen LogP contribution in [-0.2, 0) is 20.5 Å². The highest BCUT2D eigenvalue weighted by atomic mass is 32.1. The van der Waals surface area contributed by atoms with Crippen molar-refractivity contribution in [1.29, 1.82) is 0 Å². The van der Waals surface area contributed by atoms with Gasteiger partial charge in [0.25, 0.3) is 5.91 Å². The average Bonchev–Trinajstić information content (AvgIpc) is 2.95. The number of ketones is 1. The minimum Gasteiger partial charge on any atom is -0.456 e. The van der Waals surface area contributed by atoms with Gasteiger partial charge in [-0.2, -0.15) is 13.2 Å². The maximum Gasteiger partial charge on any atom is 0.416 e. The number of rotatable bonds is 7. The van der Waals surface area contributed by atoms with Crippen LogP contribution in [0.5, 0.6) is 0 Å². The SMILES string of the molecule is Cc1cc(C(=O)CCC(=O)OCC(=O)Nc2cccc(C(F)(F)F)c2)c(C)s1. The maximum atomic E-state index is 12.6. The Morgan fingerprint density at radius 3 is 2.43 bits per heavy atom. The second-order valence-electron chi connectivity index (χ2n) is 6.04. The van der Waals surface area contributed by atoms with Crippen LogP contribution in [0.15, 0.2) is 30.3 Å². The van der Waals surface area contributed by atoms with Gasteiger partial charge < -0.3 is 10.1 Å². The van der Waals surface area contributed by atoms with Crippen molar-refractivity contribution in [1.82, 2.24) is 0 Å². The molecule has 1 aromatic carbocycles. The Hall–Kier alpha value is -2.68. The zero-order valence-electron chi connectivity index (χ0n) is 15.2. The molecule has 9 heteroatoms. The van der Waals surface area contributed by atoms with E-state index in [0.717, 1.165) is 28.0 Å². The van der Waals surface area contributed by atoms with Crippen LogP contribution in [0.3, 0.4) is 0 Å². The molecular formula is C19H18F3NO4S. The normalized spacial score (nSPS) is 11.2. The van der Waals surface area contributed by atoms with Crippen molar-refractivity contribution in [2.45, 2.75) is 32.9 Å². The molecule has 2 rings (SSSR count). The molecule has 5 nitrogen and oxygen atoms in total. The van der Waals surface area contributed by atoms with Gasteiger partial charge in [-0.15, -0.1) is 11.3 Å². The number of anilines is 1. The highest BCUT2D eigenvalue weighted by Gasteiger charge is 2.30. The van der Waals surface area contributed by atoms with Crippen LogP contribution in [0.2, 0.25) is 0 Å². The van der Waals surface area contributed by atoms with Gasteiger partial charge in [0.05, 0.1) is 12.0 Å². The lowest BCUT2D eigenvalue weighted by molar-refractivity contribution is -0.147. The number of amides is 1. The van der Waals surface area contributed by atoms with Crippen LogP contribution in [0.1, 0.15) is 38.5 Å². The van der Waals surface area contributed by atoms with E-state index in [1.165, 1.54) is 17.4 Å². The first-order chi connectivity index (χ1) is 13.1. The molecule has 1 aromatic heterocycles. The molecule has 2 aromatic rings. The number of hydrogen-bond acceptors (Lipinski definition) is 5. The maximum absolute atomic E-state index is 12.6. The van der Waals surface area contributed by atoms with Crippen molar-refractivity contribution in [3.05, 3.63) is 51.2 Å². The number of Topliss-reactive ketones (excluding diaryl/α,β-unsaturated/α-hetero) is 1. The molecule has 0 spiro atoms. The molecule has 0 saturated carbocycles. The van der Waals surface area contributed by atoms with Crippen molar-refractivity contribution in [2.24, 2.45) is 0 Å². The average molecular weight is 413 g/mol. The Balaban J connectivity index is 1.79. The van der Waals surface area contributed by atoms with Gasteiger partial charge >= 0.3 is 12.1 Å². The molecule has 0 aliphatic carbocycles. The van der Waals surface area contributed by atoms with Gasteiger partial charge in [-0.25, -0.2) is 0 Å². The molecule has 28 heavy (non-hydrogen) atoms. The fourth-order valence-electron chi connectivity index (χ4n) is 2.45. The first-order valence-electron chi connectivity index (χ1n) is 8.29. The third-order valence-electron chi connectivity index (χ3n) is 3.74. The molecule has 0 saturated heterocycles. The van der Waals surface area contributed by atoms with E-state index < -0.39 is 30.2 Å². The number of carbonyl (C=O) groups is 3. The van der Waals surface area contributed by atoms with E-state index in [1.807, 2.05) is 13.8 Å². The Morgan fingerprint density at radius 1 is 1.11 bits per heavy atom. The van der Waals surface area contributed by atoms with Crippen molar-refractivity contribution < 1.29 is 32.3 Å². The molecule has 0 bridgehead atoms. The Labute approximate surface area is 163 Å². The lowest BCUT2D eigenvalue weighted by Crippen LogP contribution is -2.21. The Morgan fingerprint density at radius 2 is 1.82 bits per heavy atom. The number of alkyl halides is 3. The number of aryl methyl sites for hydroxylation is 2. The highest BCUT2D eigenvalue weighted by molar-refractivity contribution is 7.12. The summed E-state index contributed by atoms with van der Waals surface area (Å²) in [6, 6.07) is 5.87. The van der Waals surface area contributed by atoms with Gasteiger partial charge in [-0.1, -0.05) is 6.07 Å². The summed E-state index contributed by atoms with van der Waals surface area (Å²) in [4.78, 5) is 37.4. The molecule has 0 aliphatic heterocycles. The van der Waals surface area contributed by atoms with E-state index in [1.54, 1.807) is 6.07 Å². The third-order valence-corrected chi connectivity index (χ3v) is 4.70. The van der Waals surface area contributed by atoms with Crippen LogP contribution < -0.4 is 5.32 Å². The topological polar surface area (TPSA) is 72.5 Å². The van der Waals surface area contributed by atoms with Gasteiger partial charge in [-0.3, -0.25) is 14.4 Å². The zero-order chi connectivity index (χ0) is 20.9. The summed E-state index contributed by atoms with van der Waals surface area (Å²) >= 11 is 1.49. The van der Waals surface area contributed by atoms with Crippen LogP contribution in [0.4, 0.5) is 18.9 Å². The molecule has 0 unspecified atom stereocenters. The molecular weight excluding hydrogens is 395 g/mol. The molecule has 150 valence electrons. The number of hydrogen-bond donors (Lipinski definition) is 1. The summed E-state index contributed by atoms with van der Waals surface area (Å²) in [6.45, 7) is 3.05. The number of halogens is 3. The van der Waals surface area contributed by atoms with Crippen LogP contribution >= 0.6 is 11.3 Å². The highest BCUT2D eigenvalue weighted by Crippen LogP contribution is 2.30. The number of benzene rings is 1. The molecule has 0 aliphatic rings. The second kappa shape index (κ2) is 9.01. The summed E-state index contributed by atoms with van der Waals surface area (Å²) in [7, 11) is 0. The number of ether oxygens (including phenoxy) is 1. The number of thiophene rings is 1. The lowest BCUT2D eigenvalue weighted by Gasteiger charge is -2.10. The van der Waals surface area contributed by atoms with Gasteiger partial charge in [0, 0.05) is 27.4 Å². The van der Waals surface area contributed by atoms with Crippen LogP contribution in [0, 0.1) is 13.8 Å². The first kappa shape index (κ1) is 21.6. The van der Waals surface area contributed by atoms with Gasteiger partial charge in [0.2, 0.25) is 0 Å². The Kier molecular flexibility index (Phi) is 6.95. The van der Waals surface area contributed by atoms with Crippen molar-refractivity contribution in [3.8, 4) is 0 Å². The van der Waals surface area contributed by atoms with E-state index in [0.29, 0.717) is 5.56 Å². The Bertz CT molecular complexity index is 890. The summed E-state index contributed by atoms with van der Waals surface area (Å²) < 4.78 is 42.7. The summed E-state index contributed by atoms with van der Waals surface area (Å²) in [5.41, 5.74) is -0.397. The van der Waals surface area contributed by atoms with E-state index in [4.69, 9.17) is 4.74 Å². The van der Waals surface area contributed by atoms with Crippen LogP contribution in [0.25, 0.3) is 0 Å². The summed E-state index contributed by atoms with van der Waals surface area (Å²) in [5, 5.41) is 2.23. The smallest absolute Gasteiger partial charge is 0.416 e. The summed E-state index contributed by atoms with van der Waals surface area (Å²) in [6.07, 6.45) is -4.77. The minimum absolute atomic E-state index is 0.0505. The van der Waals surface area contributed by atoms with Crippen molar-refractivity contribution in [2.75, 3.05) is 11.9 Å². The van der Waals surface area contributed by atoms with Gasteiger partial charge in [-0.05, 0) is 38.1 Å². The third kappa shape index (κ3) is 6.19. The second-order valence-corrected chi connectivity index (χ2v) is 7.50. The van der Waals surface area contributed by atoms with Crippen molar-refractivity contribution in [3.63, 3.8) is 0 Å². The number of esters is 1. The molecule has 1 amide bonds. The van der Waals surface area contributed by atoms with Crippen LogP contribution in [-0.4, -0.2) is 24.3 Å². The number of nitrogens with one attached hydrogen (secondary N) is 1. The van der Waals surface area contributed by atoms with Gasteiger partial charge in [0.1, 0.15) is 0 Å². The van der Waals surface area contributed by atoms with E-state index in [2.05, 4.69) is 5.32 Å². The zero-order valence-corrected chi connectivity index (χ0v) is 16.0. The molecule has 0 fully saturated rings. The fraction of sp³-hybridized carbons (Fsp3) is 0.316. The lowest BCUT2D eigenvalue weighted by atomic mass is 10.1. The quantitative estimate of drug-likeness (QED) is 0.535. The van der Waals surface area contributed by atoms with Crippen molar-refractivity contribution >= 4 is 34.7 Å². The molecule has 0 atom stereocenters. The van der Waals surface area contributed by atoms with E-state index >= 15 is 0 Å². The first-order valence-corrected chi connectivity index (χ1v) is 9.11. The standard InChI is InChI=1S/C19H18F3NO4S/c1-11-8-15(12(2)28-11)16(24)6-7-18(26)27-10-17(25)23-14-5-3-4-13(9-14)19(20,21)22/h3-5,8-9H,6-7,10H2,1-2H3,(H,23,25). The predicted octanol–water partition coefficient (Wildman–Crippen LogP) is 4.53. The predicted molar refractivity (Wildman–Crippen MR) is 98.4 cm³/mol. The van der Waals surface area contributed by atoms with E-state index in [9.17, 15) is 27.6 Å². The molecule has 1 N–H and O–H groups in total. The number of carbonyl (C=O) groups excluding carboxylic acids is 3. The molecule has 0 radical (unpaired) electrons.